The number of halogens is 1. The minimum Gasteiger partial charge on any atom is -0.489 e. The molecule has 0 bridgehead atoms. The van der Waals surface area contributed by atoms with E-state index in [2.05, 4.69) is 19.2 Å². The van der Waals surface area contributed by atoms with E-state index in [1.165, 1.54) is 12.0 Å². The SMILES string of the molecule is CC(C)c1cc(Cl)ccc1O[C@@H]1CCCNC1. The summed E-state index contributed by atoms with van der Waals surface area (Å²) in [5.74, 6) is 1.42. The molecule has 0 spiro atoms. The van der Waals surface area contributed by atoms with Gasteiger partial charge in [-0.3, -0.25) is 0 Å². The number of benzene rings is 1. The van der Waals surface area contributed by atoms with Crippen LogP contribution in [0.2, 0.25) is 5.02 Å². The summed E-state index contributed by atoms with van der Waals surface area (Å²) in [4.78, 5) is 0. The molecular formula is C14H20ClNO. The van der Waals surface area contributed by atoms with Gasteiger partial charge in [-0.1, -0.05) is 25.4 Å². The second-order valence-corrected chi connectivity index (χ2v) is 5.36. The van der Waals surface area contributed by atoms with Crippen LogP contribution in [0.25, 0.3) is 0 Å². The maximum absolute atomic E-state index is 6.08. The first-order chi connectivity index (χ1) is 8.16. The molecule has 1 heterocycles. The molecule has 0 aliphatic carbocycles. The summed E-state index contributed by atoms with van der Waals surface area (Å²) in [5.41, 5.74) is 1.20. The first-order valence-electron chi connectivity index (χ1n) is 6.33. The summed E-state index contributed by atoms with van der Waals surface area (Å²) >= 11 is 6.04. The van der Waals surface area contributed by atoms with Gasteiger partial charge in [0, 0.05) is 11.6 Å². The van der Waals surface area contributed by atoms with Gasteiger partial charge in [0.25, 0.3) is 0 Å². The minimum atomic E-state index is 0.294. The van der Waals surface area contributed by atoms with Crippen LogP contribution in [0.4, 0.5) is 0 Å². The molecule has 0 unspecified atom stereocenters. The highest BCUT2D eigenvalue weighted by Gasteiger charge is 2.17. The number of nitrogens with one attached hydrogen (secondary N) is 1. The molecule has 3 heteroatoms. The Bertz CT molecular complexity index is 372. The molecule has 0 amide bonds. The molecule has 1 saturated heterocycles. The lowest BCUT2D eigenvalue weighted by atomic mass is 10.0. The smallest absolute Gasteiger partial charge is 0.123 e. The fourth-order valence-electron chi connectivity index (χ4n) is 2.18. The minimum absolute atomic E-state index is 0.294. The van der Waals surface area contributed by atoms with E-state index in [0.717, 1.165) is 30.3 Å². The average molecular weight is 254 g/mol. The molecule has 94 valence electrons. The predicted molar refractivity (Wildman–Crippen MR) is 72.1 cm³/mol. The summed E-state index contributed by atoms with van der Waals surface area (Å²) < 4.78 is 6.08. The van der Waals surface area contributed by atoms with Crippen LogP contribution in [0, 0.1) is 0 Å². The highest BCUT2D eigenvalue weighted by atomic mass is 35.5. The van der Waals surface area contributed by atoms with E-state index in [1.807, 2.05) is 18.2 Å². The second-order valence-electron chi connectivity index (χ2n) is 4.92. The van der Waals surface area contributed by atoms with Gasteiger partial charge in [-0.2, -0.15) is 0 Å². The van der Waals surface area contributed by atoms with Crippen molar-refractivity contribution in [3.63, 3.8) is 0 Å². The van der Waals surface area contributed by atoms with Gasteiger partial charge in [0.2, 0.25) is 0 Å². The molecule has 1 atom stereocenters. The van der Waals surface area contributed by atoms with Gasteiger partial charge in [-0.25, -0.2) is 0 Å². The highest BCUT2D eigenvalue weighted by molar-refractivity contribution is 6.30. The van der Waals surface area contributed by atoms with Gasteiger partial charge in [-0.15, -0.1) is 0 Å². The molecule has 0 saturated carbocycles. The van der Waals surface area contributed by atoms with Gasteiger partial charge in [0.15, 0.2) is 0 Å². The summed E-state index contributed by atoms with van der Waals surface area (Å²) in [6, 6.07) is 5.91. The molecule has 2 nitrogen and oxygen atoms in total. The van der Waals surface area contributed by atoms with Crippen molar-refractivity contribution in [3.8, 4) is 5.75 Å². The van der Waals surface area contributed by atoms with Crippen LogP contribution < -0.4 is 10.1 Å². The van der Waals surface area contributed by atoms with Gasteiger partial charge >= 0.3 is 0 Å². The quantitative estimate of drug-likeness (QED) is 0.889. The molecule has 0 aromatic heterocycles. The van der Waals surface area contributed by atoms with E-state index in [4.69, 9.17) is 16.3 Å². The third-order valence-corrected chi connectivity index (χ3v) is 3.37. The van der Waals surface area contributed by atoms with Gasteiger partial charge in [0.1, 0.15) is 11.9 Å². The van der Waals surface area contributed by atoms with Crippen molar-refractivity contribution in [3.05, 3.63) is 28.8 Å². The fourth-order valence-corrected chi connectivity index (χ4v) is 2.36. The first kappa shape index (κ1) is 12.7. The monoisotopic (exact) mass is 253 g/mol. The number of piperidine rings is 1. The van der Waals surface area contributed by atoms with E-state index in [1.54, 1.807) is 0 Å². The Morgan fingerprint density at radius 3 is 2.88 bits per heavy atom. The average Bonchev–Trinajstić information content (AvgIpc) is 2.32. The van der Waals surface area contributed by atoms with Crippen molar-refractivity contribution in [1.82, 2.24) is 5.32 Å². The Hall–Kier alpha value is -0.730. The van der Waals surface area contributed by atoms with Crippen molar-refractivity contribution in [2.24, 2.45) is 0 Å². The van der Waals surface area contributed by atoms with Crippen molar-refractivity contribution in [2.45, 2.75) is 38.7 Å². The summed E-state index contributed by atoms with van der Waals surface area (Å²) in [6.07, 6.45) is 2.62. The van der Waals surface area contributed by atoms with Crippen molar-refractivity contribution in [1.29, 1.82) is 0 Å². The zero-order chi connectivity index (χ0) is 12.3. The van der Waals surface area contributed by atoms with E-state index < -0.39 is 0 Å². The van der Waals surface area contributed by atoms with Crippen LogP contribution in [-0.4, -0.2) is 19.2 Å². The predicted octanol–water partition coefficient (Wildman–Crippen LogP) is 3.59. The summed E-state index contributed by atoms with van der Waals surface area (Å²) in [7, 11) is 0. The fraction of sp³-hybridized carbons (Fsp3) is 0.571. The Morgan fingerprint density at radius 1 is 1.41 bits per heavy atom. The van der Waals surface area contributed by atoms with E-state index in [0.29, 0.717) is 12.0 Å². The van der Waals surface area contributed by atoms with E-state index >= 15 is 0 Å². The van der Waals surface area contributed by atoms with Crippen molar-refractivity contribution in [2.75, 3.05) is 13.1 Å². The van der Waals surface area contributed by atoms with Gasteiger partial charge < -0.3 is 10.1 Å². The molecule has 1 aromatic rings. The molecule has 1 aliphatic rings. The number of hydrogen-bond donors (Lipinski definition) is 1. The highest BCUT2D eigenvalue weighted by Crippen LogP contribution is 2.30. The standard InChI is InChI=1S/C14H20ClNO/c1-10(2)13-8-11(15)5-6-14(13)17-12-4-3-7-16-9-12/h5-6,8,10,12,16H,3-4,7,9H2,1-2H3/t12-/m1/s1. The van der Waals surface area contributed by atoms with Crippen LogP contribution in [0.5, 0.6) is 5.75 Å². The van der Waals surface area contributed by atoms with Crippen molar-refractivity contribution >= 4 is 11.6 Å². The van der Waals surface area contributed by atoms with Crippen LogP contribution in [-0.2, 0) is 0 Å². The maximum atomic E-state index is 6.08. The molecule has 1 aromatic carbocycles. The number of ether oxygens (including phenoxy) is 1. The molecule has 17 heavy (non-hydrogen) atoms. The van der Waals surface area contributed by atoms with Crippen molar-refractivity contribution < 1.29 is 4.74 Å². The van der Waals surface area contributed by atoms with Gasteiger partial charge in [0.05, 0.1) is 0 Å². The molecule has 1 aliphatic heterocycles. The Morgan fingerprint density at radius 2 is 2.24 bits per heavy atom. The first-order valence-corrected chi connectivity index (χ1v) is 6.71. The summed E-state index contributed by atoms with van der Waals surface area (Å²) in [6.45, 7) is 6.38. The van der Waals surface area contributed by atoms with Gasteiger partial charge in [-0.05, 0) is 49.1 Å². The molecule has 0 radical (unpaired) electrons. The lowest BCUT2D eigenvalue weighted by Gasteiger charge is -2.25. The Balaban J connectivity index is 2.13. The maximum Gasteiger partial charge on any atom is 0.123 e. The van der Waals surface area contributed by atoms with E-state index in [9.17, 15) is 0 Å². The van der Waals surface area contributed by atoms with Crippen LogP contribution in [0.3, 0.4) is 0 Å². The number of rotatable bonds is 3. The third kappa shape index (κ3) is 3.36. The van der Waals surface area contributed by atoms with Crippen LogP contribution in [0.15, 0.2) is 18.2 Å². The lowest BCUT2D eigenvalue weighted by molar-refractivity contribution is 0.165. The number of hydrogen-bond acceptors (Lipinski definition) is 2. The largest absolute Gasteiger partial charge is 0.489 e. The lowest BCUT2D eigenvalue weighted by Crippen LogP contribution is -2.37. The normalized spacial score (nSPS) is 20.6. The molecule has 1 fully saturated rings. The zero-order valence-electron chi connectivity index (χ0n) is 10.5. The third-order valence-electron chi connectivity index (χ3n) is 3.14. The zero-order valence-corrected chi connectivity index (χ0v) is 11.3. The van der Waals surface area contributed by atoms with Crippen LogP contribution in [0.1, 0.15) is 38.2 Å². The summed E-state index contributed by atoms with van der Waals surface area (Å²) in [5, 5.41) is 4.14. The molecular weight excluding hydrogens is 234 g/mol. The van der Waals surface area contributed by atoms with Crippen LogP contribution >= 0.6 is 11.6 Å². The van der Waals surface area contributed by atoms with E-state index in [-0.39, 0.29) is 0 Å². The Kier molecular flexibility index (Phi) is 4.30. The molecule has 1 N–H and O–H groups in total. The topological polar surface area (TPSA) is 21.3 Å². The Labute approximate surface area is 108 Å². The molecule has 2 rings (SSSR count). The second kappa shape index (κ2) is 5.74.